The molecule has 0 atom stereocenters. The molecule has 4 amide bonds. The largest absolute Gasteiger partial charge is 0.329 e. The van der Waals surface area contributed by atoms with Crippen LogP contribution in [0.2, 0.25) is 0 Å². The number of rotatable bonds is 2. The maximum Gasteiger partial charge on any atom is 0.329 e. The highest BCUT2D eigenvalue weighted by Crippen LogP contribution is 2.07. The van der Waals surface area contributed by atoms with E-state index in [0.29, 0.717) is 0 Å². The summed E-state index contributed by atoms with van der Waals surface area (Å²) in [6.07, 6.45) is 1.49. The van der Waals surface area contributed by atoms with Crippen molar-refractivity contribution in [1.29, 1.82) is 0 Å². The first-order valence-corrected chi connectivity index (χ1v) is 6.54. The van der Waals surface area contributed by atoms with Crippen molar-refractivity contribution in [1.82, 2.24) is 10.6 Å². The molecule has 0 aliphatic carbocycles. The van der Waals surface area contributed by atoms with E-state index in [-0.39, 0.29) is 11.1 Å². The first-order valence-electron chi connectivity index (χ1n) is 4.94. The molecule has 19 heavy (non-hydrogen) atoms. The van der Waals surface area contributed by atoms with Gasteiger partial charge < -0.3 is 0 Å². The zero-order chi connectivity index (χ0) is 14.4. The van der Waals surface area contributed by atoms with Crippen molar-refractivity contribution in [3.05, 3.63) is 35.4 Å². The molecule has 1 aromatic rings. The Kier molecular flexibility index (Phi) is 5.53. The number of carbonyl (C=O) groups excluding carboxylic acids is 4. The lowest BCUT2D eigenvalue weighted by Gasteiger charge is -2.04. The first kappa shape index (κ1) is 15.2. The van der Waals surface area contributed by atoms with Crippen molar-refractivity contribution < 1.29 is 19.2 Å². The highest BCUT2D eigenvalue weighted by atomic mass is 35.5. The van der Waals surface area contributed by atoms with Gasteiger partial charge in [0.25, 0.3) is 16.4 Å². The normalized spacial score (nSPS) is 9.58. The molecular formula is C11H9ClN2O4S. The third-order valence-corrected chi connectivity index (χ3v) is 2.69. The minimum Gasteiger partial charge on any atom is -0.276 e. The van der Waals surface area contributed by atoms with E-state index in [1.54, 1.807) is 0 Å². The van der Waals surface area contributed by atoms with Gasteiger partial charge in [0.05, 0.1) is 0 Å². The number of nitrogens with one attached hydrogen (secondary N) is 2. The summed E-state index contributed by atoms with van der Waals surface area (Å²) in [5.74, 6) is -0.694. The second-order valence-corrected chi connectivity index (χ2v) is 4.37. The average molecular weight is 301 g/mol. The van der Waals surface area contributed by atoms with Crippen LogP contribution in [-0.4, -0.2) is 28.7 Å². The standard InChI is InChI=1S/C11H9ClN2O4S/c1-19-11(18)14-10(17)13-9(16)7-4-2-6(3-5-7)8(12)15/h2-5H,1H3,(H2,13,14,16,17,18). The highest BCUT2D eigenvalue weighted by Gasteiger charge is 2.12. The molecule has 8 heteroatoms. The van der Waals surface area contributed by atoms with Crippen molar-refractivity contribution >= 4 is 45.8 Å². The van der Waals surface area contributed by atoms with Crippen molar-refractivity contribution in [2.24, 2.45) is 0 Å². The van der Waals surface area contributed by atoms with E-state index in [1.165, 1.54) is 30.5 Å². The summed E-state index contributed by atoms with van der Waals surface area (Å²) < 4.78 is 0. The fourth-order valence-electron chi connectivity index (χ4n) is 1.10. The van der Waals surface area contributed by atoms with Crippen LogP contribution in [0.3, 0.4) is 0 Å². The molecule has 1 aromatic carbocycles. The number of hydrogen-bond donors (Lipinski definition) is 2. The van der Waals surface area contributed by atoms with Crippen LogP contribution in [0.25, 0.3) is 0 Å². The number of urea groups is 1. The number of imide groups is 2. The molecule has 0 aliphatic heterocycles. The summed E-state index contributed by atoms with van der Waals surface area (Å²) in [4.78, 5) is 44.5. The van der Waals surface area contributed by atoms with E-state index in [0.717, 1.165) is 11.8 Å². The van der Waals surface area contributed by atoms with Crippen LogP contribution in [-0.2, 0) is 0 Å². The third-order valence-electron chi connectivity index (χ3n) is 2.00. The molecule has 0 saturated heterocycles. The van der Waals surface area contributed by atoms with Gasteiger partial charge in [0, 0.05) is 11.1 Å². The molecule has 0 spiro atoms. The number of amides is 4. The van der Waals surface area contributed by atoms with Crippen LogP contribution in [0.15, 0.2) is 24.3 Å². The van der Waals surface area contributed by atoms with Gasteiger partial charge in [-0.05, 0) is 42.1 Å². The molecule has 0 saturated carbocycles. The summed E-state index contributed by atoms with van der Waals surface area (Å²) >= 11 is 6.06. The zero-order valence-electron chi connectivity index (χ0n) is 9.73. The Balaban J connectivity index is 2.65. The maximum atomic E-state index is 11.6. The van der Waals surface area contributed by atoms with E-state index in [4.69, 9.17) is 11.6 Å². The van der Waals surface area contributed by atoms with E-state index >= 15 is 0 Å². The van der Waals surface area contributed by atoms with Gasteiger partial charge in [0.15, 0.2) is 0 Å². The molecule has 0 aromatic heterocycles. The predicted molar refractivity (Wildman–Crippen MR) is 71.5 cm³/mol. The fourth-order valence-corrected chi connectivity index (χ4v) is 1.42. The highest BCUT2D eigenvalue weighted by molar-refractivity contribution is 8.13. The molecule has 2 N–H and O–H groups in total. The smallest absolute Gasteiger partial charge is 0.276 e. The van der Waals surface area contributed by atoms with Gasteiger partial charge in [-0.2, -0.15) is 0 Å². The quantitative estimate of drug-likeness (QED) is 0.815. The number of carbonyl (C=O) groups is 4. The molecule has 6 nitrogen and oxygen atoms in total. The minimum atomic E-state index is -0.915. The maximum absolute atomic E-state index is 11.6. The number of benzene rings is 1. The van der Waals surface area contributed by atoms with E-state index < -0.39 is 22.4 Å². The molecule has 0 radical (unpaired) electrons. The lowest BCUT2D eigenvalue weighted by molar-refractivity contribution is 0.0963. The number of halogens is 1. The topological polar surface area (TPSA) is 92.3 Å². The molecule has 1 rings (SSSR count). The summed E-state index contributed by atoms with van der Waals surface area (Å²) in [6.45, 7) is 0. The number of hydrogen-bond acceptors (Lipinski definition) is 5. The predicted octanol–water partition coefficient (Wildman–Crippen LogP) is 1.99. The number of thioether (sulfide) groups is 1. The van der Waals surface area contributed by atoms with Crippen LogP contribution in [0.4, 0.5) is 9.59 Å². The Hall–Kier alpha value is -1.86. The van der Waals surface area contributed by atoms with Gasteiger partial charge in [-0.3, -0.25) is 25.0 Å². The van der Waals surface area contributed by atoms with E-state index in [1.807, 2.05) is 10.6 Å². The second kappa shape index (κ2) is 6.91. The molecule has 0 bridgehead atoms. The van der Waals surface area contributed by atoms with Crippen LogP contribution in [0.1, 0.15) is 20.7 Å². The van der Waals surface area contributed by atoms with Gasteiger partial charge >= 0.3 is 6.03 Å². The van der Waals surface area contributed by atoms with Crippen LogP contribution in [0, 0.1) is 0 Å². The Morgan fingerprint density at radius 1 is 1.00 bits per heavy atom. The molecule has 100 valence electrons. The first-order chi connectivity index (χ1) is 8.93. The van der Waals surface area contributed by atoms with Crippen LogP contribution < -0.4 is 10.6 Å². The summed E-state index contributed by atoms with van der Waals surface area (Å²) in [7, 11) is 0. The average Bonchev–Trinajstić information content (AvgIpc) is 2.38. The summed E-state index contributed by atoms with van der Waals surface area (Å²) in [5.41, 5.74) is 0.397. The summed E-state index contributed by atoms with van der Waals surface area (Å²) in [5, 5.41) is 2.69. The lowest BCUT2D eigenvalue weighted by atomic mass is 10.1. The van der Waals surface area contributed by atoms with Crippen molar-refractivity contribution in [3.8, 4) is 0 Å². The SMILES string of the molecule is CSC(=O)NC(=O)NC(=O)c1ccc(C(=O)Cl)cc1. The van der Waals surface area contributed by atoms with E-state index in [9.17, 15) is 19.2 Å². The summed E-state index contributed by atoms with van der Waals surface area (Å²) in [6, 6.07) is 4.48. The van der Waals surface area contributed by atoms with Gasteiger partial charge in [0.2, 0.25) is 0 Å². The Morgan fingerprint density at radius 3 is 2.00 bits per heavy atom. The second-order valence-electron chi connectivity index (χ2n) is 3.25. The third kappa shape index (κ3) is 4.72. The molecular weight excluding hydrogens is 292 g/mol. The molecule has 0 unspecified atom stereocenters. The van der Waals surface area contributed by atoms with Gasteiger partial charge in [-0.1, -0.05) is 11.8 Å². The van der Waals surface area contributed by atoms with Crippen molar-refractivity contribution in [2.75, 3.05) is 6.26 Å². The lowest BCUT2D eigenvalue weighted by Crippen LogP contribution is -2.41. The molecule has 0 aliphatic rings. The van der Waals surface area contributed by atoms with Crippen LogP contribution in [0.5, 0.6) is 0 Å². The zero-order valence-corrected chi connectivity index (χ0v) is 11.3. The van der Waals surface area contributed by atoms with Crippen LogP contribution >= 0.6 is 23.4 Å². The van der Waals surface area contributed by atoms with Crippen molar-refractivity contribution in [2.45, 2.75) is 0 Å². The Bertz CT molecular complexity index is 530. The van der Waals surface area contributed by atoms with Crippen molar-refractivity contribution in [3.63, 3.8) is 0 Å². The van der Waals surface area contributed by atoms with Gasteiger partial charge in [0.1, 0.15) is 0 Å². The van der Waals surface area contributed by atoms with Gasteiger partial charge in [-0.25, -0.2) is 4.79 Å². The Morgan fingerprint density at radius 2 is 1.53 bits per heavy atom. The molecule has 0 fully saturated rings. The fraction of sp³-hybridized carbons (Fsp3) is 0.0909. The molecule has 0 heterocycles. The minimum absolute atomic E-state index is 0.161. The Labute approximate surface area is 117 Å². The monoisotopic (exact) mass is 300 g/mol. The van der Waals surface area contributed by atoms with Gasteiger partial charge in [-0.15, -0.1) is 0 Å². The van der Waals surface area contributed by atoms with E-state index in [2.05, 4.69) is 0 Å².